The van der Waals surface area contributed by atoms with Gasteiger partial charge in [-0.25, -0.2) is 0 Å². The Labute approximate surface area is 130 Å². The molecular weight excluding hydrogens is 340 g/mol. The summed E-state index contributed by atoms with van der Waals surface area (Å²) in [4.78, 5) is 27.8. The molecule has 1 aromatic rings. The number of hydrogen-bond donors (Lipinski definition) is 1. The third-order valence-corrected chi connectivity index (χ3v) is 5.89. The van der Waals surface area contributed by atoms with Crippen molar-refractivity contribution in [2.75, 3.05) is 0 Å². The van der Waals surface area contributed by atoms with E-state index in [1.54, 1.807) is 16.2 Å². The fraction of sp³-hybridized carbons (Fsp3) is 0.571. The Morgan fingerprint density at radius 3 is 2.75 bits per heavy atom. The molecule has 2 amide bonds. The summed E-state index contributed by atoms with van der Waals surface area (Å²) < 4.78 is 1.02. The van der Waals surface area contributed by atoms with E-state index in [1.165, 1.54) is 0 Å². The molecule has 1 saturated carbocycles. The van der Waals surface area contributed by atoms with Gasteiger partial charge < -0.3 is 10.2 Å². The summed E-state index contributed by atoms with van der Waals surface area (Å²) in [5, 5.41) is 4.87. The van der Waals surface area contributed by atoms with Gasteiger partial charge in [0, 0.05) is 9.35 Å². The minimum absolute atomic E-state index is 0.0200. The largest absolute Gasteiger partial charge is 0.343 e. The number of rotatable bonds is 4. The first-order valence-corrected chi connectivity index (χ1v) is 8.61. The van der Waals surface area contributed by atoms with Gasteiger partial charge in [0.2, 0.25) is 11.8 Å². The maximum absolute atomic E-state index is 12.6. The van der Waals surface area contributed by atoms with E-state index in [1.807, 2.05) is 18.4 Å². The predicted octanol–water partition coefficient (Wildman–Crippen LogP) is 2.53. The standard InChI is InChI=1S/C14H17BrN2O2S/c1-2-10-14(19)17(7-11-9(15)5-6-20-11)12(8-3-4-8)13(18)16-10/h5-6,8,10,12H,2-4,7H2,1H3,(H,16,18). The summed E-state index contributed by atoms with van der Waals surface area (Å²) >= 11 is 5.12. The Balaban J connectivity index is 1.87. The number of nitrogens with one attached hydrogen (secondary N) is 1. The Hall–Kier alpha value is -0.880. The highest BCUT2D eigenvalue weighted by Crippen LogP contribution is 2.38. The molecule has 1 aliphatic carbocycles. The van der Waals surface area contributed by atoms with Gasteiger partial charge in [0.1, 0.15) is 12.1 Å². The maximum Gasteiger partial charge on any atom is 0.246 e. The van der Waals surface area contributed by atoms with Gasteiger partial charge in [-0.15, -0.1) is 11.3 Å². The Kier molecular flexibility index (Phi) is 3.86. The van der Waals surface area contributed by atoms with Gasteiger partial charge >= 0.3 is 0 Å². The molecule has 20 heavy (non-hydrogen) atoms. The van der Waals surface area contributed by atoms with Crippen molar-refractivity contribution in [3.05, 3.63) is 20.8 Å². The zero-order chi connectivity index (χ0) is 14.3. The van der Waals surface area contributed by atoms with Crippen molar-refractivity contribution >= 4 is 39.1 Å². The van der Waals surface area contributed by atoms with Crippen LogP contribution in [0.3, 0.4) is 0 Å². The Bertz CT molecular complexity index is 541. The molecule has 2 unspecified atom stereocenters. The normalized spacial score (nSPS) is 26.8. The molecule has 1 saturated heterocycles. The second kappa shape index (κ2) is 5.48. The highest BCUT2D eigenvalue weighted by atomic mass is 79.9. The van der Waals surface area contributed by atoms with Gasteiger partial charge in [-0.1, -0.05) is 6.92 Å². The molecule has 0 aromatic carbocycles. The molecule has 3 rings (SSSR count). The van der Waals surface area contributed by atoms with Gasteiger partial charge in [0.15, 0.2) is 0 Å². The summed E-state index contributed by atoms with van der Waals surface area (Å²) in [5.74, 6) is 0.423. The lowest BCUT2D eigenvalue weighted by molar-refractivity contribution is -0.151. The van der Waals surface area contributed by atoms with Gasteiger partial charge in [0.25, 0.3) is 0 Å². The number of hydrogen-bond acceptors (Lipinski definition) is 3. The summed E-state index contributed by atoms with van der Waals surface area (Å²) in [6, 6.07) is 1.34. The molecule has 108 valence electrons. The Morgan fingerprint density at radius 2 is 2.20 bits per heavy atom. The third-order valence-electron chi connectivity index (χ3n) is 3.98. The molecule has 1 aromatic heterocycles. The summed E-state index contributed by atoms with van der Waals surface area (Å²) in [5.41, 5.74) is 0. The second-order valence-electron chi connectivity index (χ2n) is 5.41. The third kappa shape index (κ3) is 2.51. The molecule has 2 heterocycles. The zero-order valence-corrected chi connectivity index (χ0v) is 13.7. The van der Waals surface area contributed by atoms with Crippen LogP contribution < -0.4 is 5.32 Å². The number of thiophene rings is 1. The molecule has 1 aliphatic heterocycles. The van der Waals surface area contributed by atoms with E-state index >= 15 is 0 Å². The first-order chi connectivity index (χ1) is 9.61. The minimum Gasteiger partial charge on any atom is -0.343 e. The number of piperazine rings is 1. The van der Waals surface area contributed by atoms with Crippen molar-refractivity contribution in [2.45, 2.75) is 44.8 Å². The van der Waals surface area contributed by atoms with Crippen molar-refractivity contribution in [1.82, 2.24) is 10.2 Å². The van der Waals surface area contributed by atoms with Crippen LogP contribution in [0, 0.1) is 5.92 Å². The van der Waals surface area contributed by atoms with Gasteiger partial charge in [0.05, 0.1) is 6.54 Å². The molecule has 6 heteroatoms. The van der Waals surface area contributed by atoms with Crippen LogP contribution in [0.25, 0.3) is 0 Å². The van der Waals surface area contributed by atoms with Gasteiger partial charge in [-0.05, 0) is 52.6 Å². The van der Waals surface area contributed by atoms with Crippen LogP contribution in [0.1, 0.15) is 31.1 Å². The van der Waals surface area contributed by atoms with Crippen LogP contribution in [-0.2, 0) is 16.1 Å². The van der Waals surface area contributed by atoms with E-state index < -0.39 is 0 Å². The smallest absolute Gasteiger partial charge is 0.246 e. The predicted molar refractivity (Wildman–Crippen MR) is 81.3 cm³/mol. The minimum atomic E-state index is -0.365. The van der Waals surface area contributed by atoms with E-state index in [-0.39, 0.29) is 23.9 Å². The number of carbonyl (C=O) groups is 2. The van der Waals surface area contributed by atoms with Crippen LogP contribution in [0.15, 0.2) is 15.9 Å². The van der Waals surface area contributed by atoms with Crippen LogP contribution in [0.4, 0.5) is 0 Å². The van der Waals surface area contributed by atoms with Crippen molar-refractivity contribution in [2.24, 2.45) is 5.92 Å². The SMILES string of the molecule is CCC1NC(=O)C(C2CC2)N(Cc2sccc2Br)C1=O. The summed E-state index contributed by atoms with van der Waals surface area (Å²) in [7, 11) is 0. The molecule has 4 nitrogen and oxygen atoms in total. The van der Waals surface area contributed by atoms with E-state index in [0.29, 0.717) is 18.9 Å². The fourth-order valence-corrected chi connectivity index (χ4v) is 4.20. The molecule has 2 aliphatic rings. The average molecular weight is 357 g/mol. The van der Waals surface area contributed by atoms with Crippen molar-refractivity contribution in [3.8, 4) is 0 Å². The summed E-state index contributed by atoms with van der Waals surface area (Å²) in [6.07, 6.45) is 2.73. The molecule has 0 spiro atoms. The molecule has 1 N–H and O–H groups in total. The fourth-order valence-electron chi connectivity index (χ4n) is 2.72. The van der Waals surface area contributed by atoms with Crippen LogP contribution >= 0.6 is 27.3 Å². The molecule has 0 bridgehead atoms. The summed E-state index contributed by atoms with van der Waals surface area (Å²) in [6.45, 7) is 2.46. The second-order valence-corrected chi connectivity index (χ2v) is 7.26. The number of carbonyl (C=O) groups excluding carboxylic acids is 2. The number of nitrogens with zero attached hydrogens (tertiary/aromatic N) is 1. The van der Waals surface area contributed by atoms with E-state index in [4.69, 9.17) is 0 Å². The lowest BCUT2D eigenvalue weighted by atomic mass is 10.0. The lowest BCUT2D eigenvalue weighted by Gasteiger charge is -2.39. The molecule has 2 fully saturated rings. The average Bonchev–Trinajstić information content (AvgIpc) is 3.18. The molecular formula is C14H17BrN2O2S. The van der Waals surface area contributed by atoms with Gasteiger partial charge in [-0.3, -0.25) is 9.59 Å². The Morgan fingerprint density at radius 1 is 1.45 bits per heavy atom. The highest BCUT2D eigenvalue weighted by molar-refractivity contribution is 9.10. The van der Waals surface area contributed by atoms with Crippen molar-refractivity contribution < 1.29 is 9.59 Å². The van der Waals surface area contributed by atoms with Crippen LogP contribution in [0.2, 0.25) is 0 Å². The van der Waals surface area contributed by atoms with Crippen molar-refractivity contribution in [3.63, 3.8) is 0 Å². The van der Waals surface area contributed by atoms with Crippen molar-refractivity contribution in [1.29, 1.82) is 0 Å². The van der Waals surface area contributed by atoms with Crippen LogP contribution in [0.5, 0.6) is 0 Å². The highest BCUT2D eigenvalue weighted by Gasteiger charge is 2.47. The molecule has 0 radical (unpaired) electrons. The maximum atomic E-state index is 12.6. The number of amides is 2. The monoisotopic (exact) mass is 356 g/mol. The van der Waals surface area contributed by atoms with Gasteiger partial charge in [-0.2, -0.15) is 0 Å². The van der Waals surface area contributed by atoms with E-state index in [9.17, 15) is 9.59 Å². The first-order valence-electron chi connectivity index (χ1n) is 6.94. The van der Waals surface area contributed by atoms with E-state index in [0.717, 1.165) is 22.2 Å². The molecule has 2 atom stereocenters. The quantitative estimate of drug-likeness (QED) is 0.900. The lowest BCUT2D eigenvalue weighted by Crippen LogP contribution is -2.63. The topological polar surface area (TPSA) is 49.4 Å². The van der Waals surface area contributed by atoms with Crippen LogP contribution in [-0.4, -0.2) is 28.8 Å². The zero-order valence-electron chi connectivity index (χ0n) is 11.3. The van der Waals surface area contributed by atoms with E-state index in [2.05, 4.69) is 21.2 Å². The number of halogens is 1. The first kappa shape index (κ1) is 14.1.